The average Bonchev–Trinajstić information content (AvgIpc) is 3.15. The standard InChI is InChI=1S/C19H22FNO4/c1-11(22)21-15-4-5-16(17(20)9-15)18(23)10-25-19(24)8-14-7-12-2-3-13(14)6-12/h4-5,9,12-14H,2-3,6-8,10H2,1H3,(H,21,22)/t12-,13-,14+/m0/s1. The third-order valence-corrected chi connectivity index (χ3v) is 5.27. The first-order valence-electron chi connectivity index (χ1n) is 8.68. The van der Waals surface area contributed by atoms with Gasteiger partial charge in [-0.1, -0.05) is 6.42 Å². The van der Waals surface area contributed by atoms with E-state index in [9.17, 15) is 18.8 Å². The van der Waals surface area contributed by atoms with Gasteiger partial charge in [0, 0.05) is 19.0 Å². The first-order chi connectivity index (χ1) is 11.9. The second-order valence-electron chi connectivity index (χ2n) is 7.10. The van der Waals surface area contributed by atoms with E-state index >= 15 is 0 Å². The monoisotopic (exact) mass is 347 g/mol. The first-order valence-corrected chi connectivity index (χ1v) is 8.68. The number of ether oxygens (including phenoxy) is 1. The largest absolute Gasteiger partial charge is 0.457 e. The van der Waals surface area contributed by atoms with Gasteiger partial charge in [-0.05, 0) is 55.2 Å². The molecule has 0 unspecified atom stereocenters. The summed E-state index contributed by atoms with van der Waals surface area (Å²) >= 11 is 0. The second-order valence-corrected chi connectivity index (χ2v) is 7.10. The van der Waals surface area contributed by atoms with Crippen LogP contribution in [0.5, 0.6) is 0 Å². The van der Waals surface area contributed by atoms with Crippen LogP contribution in [-0.4, -0.2) is 24.3 Å². The molecule has 3 atom stereocenters. The van der Waals surface area contributed by atoms with Crippen molar-refractivity contribution in [1.82, 2.24) is 0 Å². The smallest absolute Gasteiger partial charge is 0.306 e. The molecule has 1 amide bonds. The molecule has 3 rings (SSSR count). The molecule has 134 valence electrons. The van der Waals surface area contributed by atoms with Crippen LogP contribution in [0.25, 0.3) is 0 Å². The van der Waals surface area contributed by atoms with Gasteiger partial charge in [-0.15, -0.1) is 0 Å². The molecule has 6 heteroatoms. The molecule has 2 saturated carbocycles. The number of carbonyl (C=O) groups excluding carboxylic acids is 3. The van der Waals surface area contributed by atoms with Crippen LogP contribution in [0.15, 0.2) is 18.2 Å². The first kappa shape index (κ1) is 17.6. The summed E-state index contributed by atoms with van der Waals surface area (Å²) in [5, 5.41) is 2.44. The summed E-state index contributed by atoms with van der Waals surface area (Å²) in [6, 6.07) is 3.80. The predicted octanol–water partition coefficient (Wildman–Crippen LogP) is 3.34. The second kappa shape index (κ2) is 7.33. The molecule has 0 aromatic heterocycles. The molecule has 2 aliphatic carbocycles. The molecule has 1 aromatic carbocycles. The van der Waals surface area contributed by atoms with Gasteiger partial charge in [-0.3, -0.25) is 14.4 Å². The Morgan fingerprint density at radius 2 is 2.04 bits per heavy atom. The fourth-order valence-electron chi connectivity index (χ4n) is 4.15. The molecular formula is C19H22FNO4. The Labute approximate surface area is 145 Å². The van der Waals surface area contributed by atoms with Crippen molar-refractivity contribution in [3.63, 3.8) is 0 Å². The lowest BCUT2D eigenvalue weighted by molar-refractivity contribution is -0.144. The number of carbonyl (C=O) groups is 3. The highest BCUT2D eigenvalue weighted by Crippen LogP contribution is 2.49. The van der Waals surface area contributed by atoms with Crippen LogP contribution >= 0.6 is 0 Å². The maximum absolute atomic E-state index is 14.0. The van der Waals surface area contributed by atoms with E-state index < -0.39 is 18.2 Å². The van der Waals surface area contributed by atoms with Gasteiger partial charge in [-0.25, -0.2) is 4.39 Å². The van der Waals surface area contributed by atoms with E-state index in [2.05, 4.69) is 5.32 Å². The van der Waals surface area contributed by atoms with E-state index in [-0.39, 0.29) is 23.1 Å². The number of nitrogens with one attached hydrogen (secondary N) is 1. The van der Waals surface area contributed by atoms with Crippen molar-refractivity contribution in [1.29, 1.82) is 0 Å². The minimum absolute atomic E-state index is 0.151. The van der Waals surface area contributed by atoms with E-state index in [1.54, 1.807) is 0 Å². The summed E-state index contributed by atoms with van der Waals surface area (Å²) in [6.07, 6.45) is 5.09. The highest BCUT2D eigenvalue weighted by Gasteiger charge is 2.40. The Morgan fingerprint density at radius 1 is 1.24 bits per heavy atom. The van der Waals surface area contributed by atoms with Crippen LogP contribution in [-0.2, 0) is 14.3 Å². The zero-order valence-corrected chi connectivity index (χ0v) is 14.2. The number of amides is 1. The lowest BCUT2D eigenvalue weighted by atomic mass is 9.86. The van der Waals surface area contributed by atoms with E-state index in [0.717, 1.165) is 18.4 Å². The topological polar surface area (TPSA) is 72.5 Å². The molecule has 1 N–H and O–H groups in total. The quantitative estimate of drug-likeness (QED) is 0.633. The Hall–Kier alpha value is -2.24. The number of ketones is 1. The van der Waals surface area contributed by atoms with E-state index in [1.807, 2.05) is 0 Å². The number of hydrogen-bond donors (Lipinski definition) is 1. The molecular weight excluding hydrogens is 325 g/mol. The molecule has 1 aromatic rings. The van der Waals surface area contributed by atoms with Crippen LogP contribution in [0.4, 0.5) is 10.1 Å². The number of anilines is 1. The number of rotatable bonds is 6. The third-order valence-electron chi connectivity index (χ3n) is 5.27. The Bertz CT molecular complexity index is 703. The minimum Gasteiger partial charge on any atom is -0.457 e. The van der Waals surface area contributed by atoms with Crippen LogP contribution in [0, 0.1) is 23.6 Å². The van der Waals surface area contributed by atoms with E-state index in [4.69, 9.17) is 4.74 Å². The molecule has 5 nitrogen and oxygen atoms in total. The Morgan fingerprint density at radius 3 is 2.64 bits per heavy atom. The van der Waals surface area contributed by atoms with E-state index in [0.29, 0.717) is 18.3 Å². The van der Waals surface area contributed by atoms with Crippen LogP contribution in [0.3, 0.4) is 0 Å². The maximum Gasteiger partial charge on any atom is 0.306 e. The maximum atomic E-state index is 14.0. The lowest BCUT2D eigenvalue weighted by Crippen LogP contribution is -2.20. The summed E-state index contributed by atoms with van der Waals surface area (Å²) in [6.45, 7) is 0.850. The molecule has 0 spiro atoms. The number of halogens is 1. The molecule has 0 aliphatic heterocycles. The normalized spacial score (nSPS) is 24.2. The van der Waals surface area contributed by atoms with Crippen molar-refractivity contribution in [2.24, 2.45) is 17.8 Å². The van der Waals surface area contributed by atoms with Gasteiger partial charge >= 0.3 is 5.97 Å². The van der Waals surface area contributed by atoms with Gasteiger partial charge in [0.15, 0.2) is 6.61 Å². The van der Waals surface area contributed by atoms with Crippen molar-refractivity contribution >= 4 is 23.3 Å². The van der Waals surface area contributed by atoms with Gasteiger partial charge < -0.3 is 10.1 Å². The fraction of sp³-hybridized carbons (Fsp3) is 0.526. The van der Waals surface area contributed by atoms with Crippen LogP contribution in [0.2, 0.25) is 0 Å². The van der Waals surface area contributed by atoms with Gasteiger partial charge in [0.2, 0.25) is 11.7 Å². The van der Waals surface area contributed by atoms with Crippen LogP contribution < -0.4 is 5.32 Å². The highest BCUT2D eigenvalue weighted by atomic mass is 19.1. The number of hydrogen-bond acceptors (Lipinski definition) is 4. The number of Topliss-reactive ketones (excluding diaryl/α,β-unsaturated/α-hetero) is 1. The Kier molecular flexibility index (Phi) is 5.16. The van der Waals surface area contributed by atoms with Gasteiger partial charge in [0.25, 0.3) is 0 Å². The SMILES string of the molecule is CC(=O)Nc1ccc(C(=O)COC(=O)C[C@H]2C[C@H]3CC[C@H]2C3)c(F)c1. The van der Waals surface area contributed by atoms with Crippen molar-refractivity contribution in [2.75, 3.05) is 11.9 Å². The zero-order chi connectivity index (χ0) is 18.0. The van der Waals surface area contributed by atoms with E-state index in [1.165, 1.54) is 38.3 Å². The van der Waals surface area contributed by atoms with Crippen molar-refractivity contribution in [3.05, 3.63) is 29.6 Å². The van der Waals surface area contributed by atoms with Crippen molar-refractivity contribution in [2.45, 2.75) is 39.0 Å². The molecule has 0 heterocycles. The number of esters is 1. The molecule has 2 fully saturated rings. The van der Waals surface area contributed by atoms with Gasteiger partial charge in [0.1, 0.15) is 5.82 Å². The molecule has 2 bridgehead atoms. The summed E-state index contributed by atoms with van der Waals surface area (Å²) in [4.78, 5) is 35.0. The summed E-state index contributed by atoms with van der Waals surface area (Å²) in [5.41, 5.74) is 0.122. The Balaban J connectivity index is 1.50. The van der Waals surface area contributed by atoms with Crippen LogP contribution in [0.1, 0.15) is 49.4 Å². The number of benzene rings is 1. The lowest BCUT2D eigenvalue weighted by Gasteiger charge is -2.20. The fourth-order valence-corrected chi connectivity index (χ4v) is 4.15. The zero-order valence-electron chi connectivity index (χ0n) is 14.2. The molecule has 25 heavy (non-hydrogen) atoms. The summed E-state index contributed by atoms with van der Waals surface area (Å²) in [5.74, 6) is -0.314. The van der Waals surface area contributed by atoms with Gasteiger partial charge in [0.05, 0.1) is 5.56 Å². The highest BCUT2D eigenvalue weighted by molar-refractivity contribution is 5.99. The number of fused-ring (bicyclic) bond motifs is 2. The van der Waals surface area contributed by atoms with Crippen molar-refractivity contribution < 1.29 is 23.5 Å². The molecule has 0 saturated heterocycles. The third kappa shape index (κ3) is 4.24. The average molecular weight is 347 g/mol. The van der Waals surface area contributed by atoms with Crippen molar-refractivity contribution in [3.8, 4) is 0 Å². The predicted molar refractivity (Wildman–Crippen MR) is 89.5 cm³/mol. The van der Waals surface area contributed by atoms with Gasteiger partial charge in [-0.2, -0.15) is 0 Å². The molecule has 2 aliphatic rings. The summed E-state index contributed by atoms with van der Waals surface area (Å²) in [7, 11) is 0. The minimum atomic E-state index is -0.750. The summed E-state index contributed by atoms with van der Waals surface area (Å²) < 4.78 is 19.0. The molecule has 0 radical (unpaired) electrons.